The number of carbonyl (C=O) groups is 1. The molecule has 18 heavy (non-hydrogen) atoms. The monoisotopic (exact) mass is 250 g/mol. The Labute approximate surface area is 108 Å². The highest BCUT2D eigenvalue weighted by Gasteiger charge is 2.15. The molecule has 1 aromatic rings. The third kappa shape index (κ3) is 4.00. The lowest BCUT2D eigenvalue weighted by Gasteiger charge is -2.28. The number of hydrogen-bond acceptors (Lipinski definition) is 4. The molecule has 0 aliphatic carbocycles. The van der Waals surface area contributed by atoms with Crippen LogP contribution in [0.2, 0.25) is 0 Å². The number of nitrogens with two attached hydrogens (primary N) is 1. The van der Waals surface area contributed by atoms with Gasteiger partial charge in [0.2, 0.25) is 0 Å². The normalized spacial score (nSPS) is 12.8. The van der Waals surface area contributed by atoms with Crippen LogP contribution >= 0.6 is 0 Å². The standard InChI is InChI=1S/C13H22N4O/c1-9(2)11(17(3)4)8-15-12-7-5-6-10(16-12)13(14)18/h5-7,9,11H,8H2,1-4H3,(H2,14,18)(H,15,16). The summed E-state index contributed by atoms with van der Waals surface area (Å²) < 4.78 is 0. The fraction of sp³-hybridized carbons (Fsp3) is 0.538. The number of hydrogen-bond donors (Lipinski definition) is 2. The molecule has 0 spiro atoms. The van der Waals surface area contributed by atoms with Crippen LogP contribution in [0.5, 0.6) is 0 Å². The number of anilines is 1. The highest BCUT2D eigenvalue weighted by molar-refractivity contribution is 5.91. The van der Waals surface area contributed by atoms with Gasteiger partial charge in [0, 0.05) is 12.6 Å². The minimum absolute atomic E-state index is 0.283. The molecule has 5 heteroatoms. The van der Waals surface area contributed by atoms with E-state index in [9.17, 15) is 4.79 Å². The van der Waals surface area contributed by atoms with Gasteiger partial charge in [0.15, 0.2) is 0 Å². The number of primary amides is 1. The van der Waals surface area contributed by atoms with Crippen LogP contribution in [0, 0.1) is 5.92 Å². The Balaban J connectivity index is 2.67. The van der Waals surface area contributed by atoms with Gasteiger partial charge in [-0.1, -0.05) is 19.9 Å². The van der Waals surface area contributed by atoms with Crippen LogP contribution in [-0.2, 0) is 0 Å². The molecule has 1 rings (SSSR count). The first-order valence-electron chi connectivity index (χ1n) is 6.09. The van der Waals surface area contributed by atoms with Gasteiger partial charge >= 0.3 is 0 Å². The van der Waals surface area contributed by atoms with Gasteiger partial charge in [0.25, 0.3) is 5.91 Å². The zero-order valence-corrected chi connectivity index (χ0v) is 11.5. The van der Waals surface area contributed by atoms with Crippen molar-refractivity contribution in [1.29, 1.82) is 0 Å². The van der Waals surface area contributed by atoms with Crippen molar-refractivity contribution in [3.05, 3.63) is 23.9 Å². The molecule has 0 aliphatic heterocycles. The summed E-state index contributed by atoms with van der Waals surface area (Å²) in [5.41, 5.74) is 5.48. The summed E-state index contributed by atoms with van der Waals surface area (Å²) in [6.07, 6.45) is 0. The second kappa shape index (κ2) is 6.35. The average molecular weight is 250 g/mol. The van der Waals surface area contributed by atoms with Crippen molar-refractivity contribution in [2.75, 3.05) is 26.0 Å². The van der Waals surface area contributed by atoms with E-state index in [2.05, 4.69) is 43.1 Å². The second-order valence-corrected chi connectivity index (χ2v) is 4.93. The fourth-order valence-corrected chi connectivity index (χ4v) is 1.89. The van der Waals surface area contributed by atoms with E-state index < -0.39 is 5.91 Å². The highest BCUT2D eigenvalue weighted by atomic mass is 16.1. The van der Waals surface area contributed by atoms with E-state index in [0.29, 0.717) is 17.8 Å². The summed E-state index contributed by atoms with van der Waals surface area (Å²) in [6, 6.07) is 5.62. The van der Waals surface area contributed by atoms with E-state index in [1.165, 1.54) is 0 Å². The number of amides is 1. The molecule has 0 saturated heterocycles. The highest BCUT2D eigenvalue weighted by Crippen LogP contribution is 2.10. The molecule has 1 unspecified atom stereocenters. The van der Waals surface area contributed by atoms with Gasteiger partial charge in [0.1, 0.15) is 11.5 Å². The third-order valence-electron chi connectivity index (χ3n) is 2.93. The molecule has 100 valence electrons. The Morgan fingerprint density at radius 1 is 1.44 bits per heavy atom. The predicted octanol–water partition coefficient (Wildman–Crippen LogP) is 1.18. The number of likely N-dealkylation sites (N-methyl/N-ethyl adjacent to an activating group) is 1. The molecule has 3 N–H and O–H groups in total. The summed E-state index contributed by atoms with van der Waals surface area (Å²) in [4.78, 5) is 17.4. The van der Waals surface area contributed by atoms with Crippen molar-refractivity contribution in [3.8, 4) is 0 Å². The van der Waals surface area contributed by atoms with Gasteiger partial charge in [-0.15, -0.1) is 0 Å². The zero-order chi connectivity index (χ0) is 13.7. The first-order chi connectivity index (χ1) is 8.41. The number of carbonyl (C=O) groups excluding carboxylic acids is 1. The molecule has 0 aromatic carbocycles. The van der Waals surface area contributed by atoms with Crippen LogP contribution < -0.4 is 11.1 Å². The smallest absolute Gasteiger partial charge is 0.267 e. The first-order valence-corrected chi connectivity index (χ1v) is 6.09. The molecule has 1 atom stereocenters. The fourth-order valence-electron chi connectivity index (χ4n) is 1.89. The molecule has 1 amide bonds. The molecule has 1 aromatic heterocycles. The molecule has 0 aliphatic rings. The lowest BCUT2D eigenvalue weighted by Crippen LogP contribution is -2.38. The van der Waals surface area contributed by atoms with Crippen molar-refractivity contribution < 1.29 is 4.79 Å². The van der Waals surface area contributed by atoms with Gasteiger partial charge in [-0.05, 0) is 32.1 Å². The van der Waals surface area contributed by atoms with Crippen molar-refractivity contribution in [3.63, 3.8) is 0 Å². The van der Waals surface area contributed by atoms with Crippen molar-refractivity contribution in [2.45, 2.75) is 19.9 Å². The summed E-state index contributed by atoms with van der Waals surface area (Å²) in [5.74, 6) is 0.706. The van der Waals surface area contributed by atoms with Crippen LogP contribution in [0.25, 0.3) is 0 Å². The lowest BCUT2D eigenvalue weighted by molar-refractivity contribution is 0.0995. The van der Waals surface area contributed by atoms with Crippen molar-refractivity contribution in [2.24, 2.45) is 11.7 Å². The average Bonchev–Trinajstić information content (AvgIpc) is 2.28. The minimum Gasteiger partial charge on any atom is -0.368 e. The number of nitrogens with one attached hydrogen (secondary N) is 1. The van der Waals surface area contributed by atoms with E-state index in [4.69, 9.17) is 5.73 Å². The SMILES string of the molecule is CC(C)C(CNc1cccc(C(N)=O)n1)N(C)C. The number of pyridine rings is 1. The van der Waals surface area contributed by atoms with Crippen LogP contribution in [0.15, 0.2) is 18.2 Å². The van der Waals surface area contributed by atoms with E-state index in [1.807, 2.05) is 6.07 Å². The molecule has 5 nitrogen and oxygen atoms in total. The lowest BCUT2D eigenvalue weighted by atomic mass is 10.0. The first kappa shape index (κ1) is 14.4. The molecule has 0 saturated carbocycles. The molecule has 1 heterocycles. The minimum atomic E-state index is -0.508. The van der Waals surface area contributed by atoms with Crippen LogP contribution in [0.3, 0.4) is 0 Å². The van der Waals surface area contributed by atoms with E-state index >= 15 is 0 Å². The van der Waals surface area contributed by atoms with Gasteiger partial charge in [-0.3, -0.25) is 4.79 Å². The Morgan fingerprint density at radius 2 is 2.11 bits per heavy atom. The maximum atomic E-state index is 11.0. The van der Waals surface area contributed by atoms with E-state index in [0.717, 1.165) is 6.54 Å². The summed E-state index contributed by atoms with van der Waals surface area (Å²) >= 11 is 0. The second-order valence-electron chi connectivity index (χ2n) is 4.93. The molecule has 0 fully saturated rings. The van der Waals surface area contributed by atoms with Gasteiger partial charge in [0.05, 0.1) is 0 Å². The van der Waals surface area contributed by atoms with Crippen molar-refractivity contribution >= 4 is 11.7 Å². The molecule has 0 radical (unpaired) electrons. The largest absolute Gasteiger partial charge is 0.368 e. The van der Waals surface area contributed by atoms with Gasteiger partial charge in [-0.25, -0.2) is 4.98 Å². The summed E-state index contributed by atoms with van der Waals surface area (Å²) in [5, 5.41) is 3.24. The van der Waals surface area contributed by atoms with Crippen LogP contribution in [0.4, 0.5) is 5.82 Å². The molecular formula is C13H22N4O. The van der Waals surface area contributed by atoms with Crippen LogP contribution in [0.1, 0.15) is 24.3 Å². The number of nitrogens with zero attached hydrogens (tertiary/aromatic N) is 2. The maximum absolute atomic E-state index is 11.0. The van der Waals surface area contributed by atoms with Gasteiger partial charge < -0.3 is 16.0 Å². The summed E-state index contributed by atoms with van der Waals surface area (Å²) in [7, 11) is 4.11. The van der Waals surface area contributed by atoms with E-state index in [1.54, 1.807) is 12.1 Å². The predicted molar refractivity (Wildman–Crippen MR) is 73.6 cm³/mol. The number of rotatable bonds is 6. The van der Waals surface area contributed by atoms with Gasteiger partial charge in [-0.2, -0.15) is 0 Å². The van der Waals surface area contributed by atoms with E-state index in [-0.39, 0.29) is 5.69 Å². The molecule has 0 bridgehead atoms. The maximum Gasteiger partial charge on any atom is 0.267 e. The molecular weight excluding hydrogens is 228 g/mol. The Hall–Kier alpha value is -1.62. The quantitative estimate of drug-likeness (QED) is 0.795. The Kier molecular flexibility index (Phi) is 5.09. The topological polar surface area (TPSA) is 71.2 Å². The van der Waals surface area contributed by atoms with Crippen LogP contribution in [-0.4, -0.2) is 42.5 Å². The van der Waals surface area contributed by atoms with Crippen molar-refractivity contribution in [1.82, 2.24) is 9.88 Å². The number of aromatic nitrogens is 1. The third-order valence-corrected chi connectivity index (χ3v) is 2.93. The summed E-state index contributed by atoms with van der Waals surface area (Å²) in [6.45, 7) is 5.14. The zero-order valence-electron chi connectivity index (χ0n) is 11.5. The Bertz CT molecular complexity index is 396. The Morgan fingerprint density at radius 3 is 2.61 bits per heavy atom.